The van der Waals surface area contributed by atoms with Crippen molar-refractivity contribution in [3.8, 4) is 16.9 Å². The standard InChI is InChI=1S/C23H17Cl2F3N2O3S/c1-2-34(31,32)14-9-7-13(8-10-14)11-19-29-17-12-16(24)20(21(25)22(17)30-19)15-5-3-4-6-18(15)33-23(26,27)28/h3-10,12H,2,11H2,1H3,(H,29,30). The maximum absolute atomic E-state index is 12.9. The van der Waals surface area contributed by atoms with Gasteiger partial charge in [0.05, 0.1) is 26.2 Å². The van der Waals surface area contributed by atoms with Crippen molar-refractivity contribution >= 4 is 44.1 Å². The number of nitrogens with one attached hydrogen (secondary N) is 1. The van der Waals surface area contributed by atoms with Gasteiger partial charge in [0.25, 0.3) is 0 Å². The van der Waals surface area contributed by atoms with Gasteiger partial charge in [0.15, 0.2) is 9.84 Å². The number of fused-ring (bicyclic) bond motifs is 1. The highest BCUT2D eigenvalue weighted by molar-refractivity contribution is 7.91. The second-order valence-electron chi connectivity index (χ2n) is 7.40. The molecule has 34 heavy (non-hydrogen) atoms. The van der Waals surface area contributed by atoms with Gasteiger partial charge in [0.2, 0.25) is 0 Å². The maximum atomic E-state index is 12.9. The first kappa shape index (κ1) is 24.4. The second kappa shape index (κ2) is 9.13. The first-order valence-corrected chi connectivity index (χ1v) is 12.4. The van der Waals surface area contributed by atoms with Gasteiger partial charge < -0.3 is 9.72 Å². The van der Waals surface area contributed by atoms with Crippen molar-refractivity contribution in [2.45, 2.75) is 24.6 Å². The monoisotopic (exact) mass is 528 g/mol. The number of benzene rings is 3. The number of hydrogen-bond acceptors (Lipinski definition) is 4. The van der Waals surface area contributed by atoms with Crippen molar-refractivity contribution in [3.05, 3.63) is 76.0 Å². The molecule has 0 atom stereocenters. The van der Waals surface area contributed by atoms with Gasteiger partial charge in [-0.3, -0.25) is 0 Å². The van der Waals surface area contributed by atoms with Crippen LogP contribution < -0.4 is 4.74 Å². The highest BCUT2D eigenvalue weighted by Gasteiger charge is 2.33. The first-order valence-electron chi connectivity index (χ1n) is 10.0. The van der Waals surface area contributed by atoms with Gasteiger partial charge in [-0.15, -0.1) is 13.2 Å². The first-order chi connectivity index (χ1) is 16.0. The fraction of sp³-hybridized carbons (Fsp3) is 0.174. The molecule has 0 saturated carbocycles. The third kappa shape index (κ3) is 5.01. The lowest BCUT2D eigenvalue weighted by Crippen LogP contribution is -2.17. The number of sulfone groups is 1. The minimum atomic E-state index is -4.88. The average molecular weight is 529 g/mol. The van der Waals surface area contributed by atoms with Crippen molar-refractivity contribution in [1.82, 2.24) is 9.97 Å². The van der Waals surface area contributed by atoms with E-state index in [9.17, 15) is 21.6 Å². The minimum absolute atomic E-state index is 0.00858. The van der Waals surface area contributed by atoms with E-state index in [1.165, 1.54) is 36.4 Å². The molecule has 1 aromatic heterocycles. The lowest BCUT2D eigenvalue weighted by atomic mass is 10.0. The molecule has 0 bridgehead atoms. The second-order valence-corrected chi connectivity index (χ2v) is 10.5. The van der Waals surface area contributed by atoms with E-state index in [-0.39, 0.29) is 31.8 Å². The molecule has 0 aliphatic carbocycles. The number of hydrogen-bond donors (Lipinski definition) is 1. The van der Waals surface area contributed by atoms with Crippen molar-refractivity contribution in [1.29, 1.82) is 0 Å². The summed E-state index contributed by atoms with van der Waals surface area (Å²) in [5.41, 5.74) is 1.90. The lowest BCUT2D eigenvalue weighted by molar-refractivity contribution is -0.274. The highest BCUT2D eigenvalue weighted by atomic mass is 35.5. The third-order valence-corrected chi connectivity index (χ3v) is 7.55. The molecule has 0 amide bonds. The fourth-order valence-corrected chi connectivity index (χ4v) is 5.11. The summed E-state index contributed by atoms with van der Waals surface area (Å²) >= 11 is 13.0. The van der Waals surface area contributed by atoms with Crippen LogP contribution in [0, 0.1) is 0 Å². The molecule has 3 aromatic carbocycles. The van der Waals surface area contributed by atoms with E-state index in [2.05, 4.69) is 14.7 Å². The number of rotatable bonds is 6. The number of alkyl halides is 3. The summed E-state index contributed by atoms with van der Waals surface area (Å²) in [4.78, 5) is 7.84. The fourth-order valence-electron chi connectivity index (χ4n) is 3.52. The van der Waals surface area contributed by atoms with Crippen molar-refractivity contribution in [2.24, 2.45) is 0 Å². The summed E-state index contributed by atoms with van der Waals surface area (Å²) in [6.45, 7) is 1.58. The quantitative estimate of drug-likeness (QED) is 0.298. The Kier molecular flexibility index (Phi) is 6.54. The maximum Gasteiger partial charge on any atom is 0.573 e. The predicted octanol–water partition coefficient (Wildman–Crippen LogP) is 6.82. The van der Waals surface area contributed by atoms with Gasteiger partial charge in [-0.1, -0.05) is 60.5 Å². The van der Waals surface area contributed by atoms with E-state index in [1.807, 2.05) is 0 Å². The Hall–Kier alpha value is -2.75. The number of aromatic amines is 1. The average Bonchev–Trinajstić information content (AvgIpc) is 3.16. The number of para-hydroxylation sites is 1. The van der Waals surface area contributed by atoms with Crippen molar-refractivity contribution in [3.63, 3.8) is 0 Å². The molecule has 1 heterocycles. The van der Waals surface area contributed by atoms with Crippen LogP contribution in [0.1, 0.15) is 18.3 Å². The van der Waals surface area contributed by atoms with Crippen LogP contribution in [0.3, 0.4) is 0 Å². The number of ether oxygens (including phenoxy) is 1. The Morgan fingerprint density at radius 1 is 1.06 bits per heavy atom. The molecule has 4 rings (SSSR count). The molecule has 4 aromatic rings. The summed E-state index contributed by atoms with van der Waals surface area (Å²) in [6, 6.07) is 13.6. The van der Waals surface area contributed by atoms with E-state index in [0.717, 1.165) is 5.56 Å². The van der Waals surface area contributed by atoms with E-state index < -0.39 is 21.9 Å². The summed E-state index contributed by atoms with van der Waals surface area (Å²) < 4.78 is 66.7. The zero-order chi connectivity index (χ0) is 24.7. The van der Waals surface area contributed by atoms with E-state index in [4.69, 9.17) is 23.2 Å². The largest absolute Gasteiger partial charge is 0.573 e. The predicted molar refractivity (Wildman–Crippen MR) is 125 cm³/mol. The molecule has 178 valence electrons. The van der Waals surface area contributed by atoms with Crippen LogP contribution >= 0.6 is 23.2 Å². The molecule has 0 saturated heterocycles. The van der Waals surface area contributed by atoms with Gasteiger partial charge >= 0.3 is 6.36 Å². The van der Waals surface area contributed by atoms with Gasteiger partial charge in [-0.25, -0.2) is 13.4 Å². The molecule has 0 fully saturated rings. The topological polar surface area (TPSA) is 72.1 Å². The minimum Gasteiger partial charge on any atom is -0.405 e. The molecule has 11 heteroatoms. The molecular formula is C23H17Cl2F3N2O3S. The zero-order valence-corrected chi connectivity index (χ0v) is 19.9. The summed E-state index contributed by atoms with van der Waals surface area (Å²) in [5, 5.41) is 0.202. The normalized spacial score (nSPS) is 12.3. The van der Waals surface area contributed by atoms with Crippen LogP contribution in [-0.4, -0.2) is 30.5 Å². The molecule has 1 N–H and O–H groups in total. The molecule has 0 unspecified atom stereocenters. The van der Waals surface area contributed by atoms with Crippen LogP contribution in [0.2, 0.25) is 10.0 Å². The van der Waals surface area contributed by atoms with Gasteiger partial charge in [-0.2, -0.15) is 0 Å². The SMILES string of the molecule is CCS(=O)(=O)c1ccc(Cc2nc3c(Cl)c(-c4ccccc4OC(F)(F)F)c(Cl)cc3[nH]2)cc1. The van der Waals surface area contributed by atoms with Crippen LogP contribution in [0.15, 0.2) is 59.5 Å². The number of halogens is 5. The molecule has 0 aliphatic heterocycles. The molecule has 0 radical (unpaired) electrons. The zero-order valence-electron chi connectivity index (χ0n) is 17.6. The molecule has 5 nitrogen and oxygen atoms in total. The van der Waals surface area contributed by atoms with Crippen LogP contribution in [-0.2, 0) is 16.3 Å². The van der Waals surface area contributed by atoms with E-state index in [0.29, 0.717) is 23.3 Å². The third-order valence-electron chi connectivity index (χ3n) is 5.13. The summed E-state index contributed by atoms with van der Waals surface area (Å²) in [5.74, 6) is 0.0985. The van der Waals surface area contributed by atoms with Crippen LogP contribution in [0.4, 0.5) is 13.2 Å². The Labute approximate surface area is 203 Å². The van der Waals surface area contributed by atoms with Gasteiger partial charge in [-0.05, 0) is 29.8 Å². The lowest BCUT2D eigenvalue weighted by Gasteiger charge is -2.15. The van der Waals surface area contributed by atoms with E-state index in [1.54, 1.807) is 25.1 Å². The molecule has 0 spiro atoms. The van der Waals surface area contributed by atoms with Crippen LogP contribution in [0.25, 0.3) is 22.2 Å². The number of H-pyrrole nitrogens is 1. The molecular weight excluding hydrogens is 512 g/mol. The Morgan fingerprint density at radius 2 is 1.74 bits per heavy atom. The number of imidazole rings is 1. The van der Waals surface area contributed by atoms with Crippen LogP contribution in [0.5, 0.6) is 5.75 Å². The Balaban J connectivity index is 1.71. The Morgan fingerprint density at radius 3 is 2.38 bits per heavy atom. The van der Waals surface area contributed by atoms with Crippen molar-refractivity contribution < 1.29 is 26.3 Å². The van der Waals surface area contributed by atoms with Gasteiger partial charge in [0, 0.05) is 17.5 Å². The summed E-state index contributed by atoms with van der Waals surface area (Å²) in [6.07, 6.45) is -4.54. The smallest absolute Gasteiger partial charge is 0.405 e. The van der Waals surface area contributed by atoms with Crippen molar-refractivity contribution in [2.75, 3.05) is 5.75 Å². The van der Waals surface area contributed by atoms with Gasteiger partial charge in [0.1, 0.15) is 17.1 Å². The Bertz CT molecular complexity index is 1470. The van der Waals surface area contributed by atoms with E-state index >= 15 is 0 Å². The highest BCUT2D eigenvalue weighted by Crippen LogP contribution is 2.44. The molecule has 0 aliphatic rings. The number of aromatic nitrogens is 2. The number of nitrogens with zero attached hydrogens (tertiary/aromatic N) is 1. The summed E-state index contributed by atoms with van der Waals surface area (Å²) in [7, 11) is -3.30.